The molecule has 7 nitrogen and oxygen atoms in total. The fourth-order valence-electron chi connectivity index (χ4n) is 1.63. The van der Waals surface area contributed by atoms with Crippen LogP contribution in [0.2, 0.25) is 15.2 Å². The van der Waals surface area contributed by atoms with Crippen molar-refractivity contribution in [3.63, 3.8) is 0 Å². The SMILES string of the molecule is CN(C)S(=O)(=O)NC(=O)c1cc(Cl)c(Oc2cnc(Cl)c(Cl)c2)cc1F. The molecule has 0 aliphatic heterocycles. The summed E-state index contributed by atoms with van der Waals surface area (Å²) in [6, 6.07) is 3.12. The molecule has 2 rings (SSSR count). The van der Waals surface area contributed by atoms with E-state index in [0.29, 0.717) is 0 Å². The summed E-state index contributed by atoms with van der Waals surface area (Å²) in [5.74, 6) is -2.21. The topological polar surface area (TPSA) is 88.6 Å². The summed E-state index contributed by atoms with van der Waals surface area (Å²) in [5.41, 5.74) is -0.569. The molecule has 0 radical (unpaired) electrons. The molecule has 1 heterocycles. The number of carbonyl (C=O) groups is 1. The molecule has 1 N–H and O–H groups in total. The second-order valence-electron chi connectivity index (χ2n) is 5.03. The van der Waals surface area contributed by atoms with Gasteiger partial charge in [-0.25, -0.2) is 14.1 Å². The van der Waals surface area contributed by atoms with Gasteiger partial charge in [-0.1, -0.05) is 34.8 Å². The molecule has 1 amide bonds. The number of hydrogen-bond acceptors (Lipinski definition) is 5. The lowest BCUT2D eigenvalue weighted by Gasteiger charge is -2.14. The first-order valence-corrected chi connectivity index (χ1v) is 9.31. The Morgan fingerprint density at radius 3 is 2.42 bits per heavy atom. The zero-order valence-electron chi connectivity index (χ0n) is 13.3. The van der Waals surface area contributed by atoms with E-state index in [1.54, 1.807) is 4.72 Å². The normalized spacial score (nSPS) is 11.5. The monoisotopic (exact) mass is 441 g/mol. The van der Waals surface area contributed by atoms with Crippen LogP contribution in [0.5, 0.6) is 11.5 Å². The Bertz CT molecular complexity index is 970. The molecule has 0 fully saturated rings. The highest BCUT2D eigenvalue weighted by Gasteiger charge is 2.22. The lowest BCUT2D eigenvalue weighted by Crippen LogP contribution is -2.39. The largest absolute Gasteiger partial charge is 0.454 e. The summed E-state index contributed by atoms with van der Waals surface area (Å²) in [5, 5.41) is 0.0425. The maximum Gasteiger partial charge on any atom is 0.303 e. The van der Waals surface area contributed by atoms with Crippen LogP contribution in [0.3, 0.4) is 0 Å². The van der Waals surface area contributed by atoms with Crippen molar-refractivity contribution in [2.75, 3.05) is 14.1 Å². The molecule has 26 heavy (non-hydrogen) atoms. The minimum Gasteiger partial charge on any atom is -0.454 e. The Labute approximate surface area is 163 Å². The van der Waals surface area contributed by atoms with E-state index in [0.717, 1.165) is 16.4 Å². The summed E-state index contributed by atoms with van der Waals surface area (Å²) < 4.78 is 45.4. The van der Waals surface area contributed by atoms with Gasteiger partial charge < -0.3 is 4.74 Å². The Hall–Kier alpha value is -1.65. The van der Waals surface area contributed by atoms with Gasteiger partial charge in [0.15, 0.2) is 0 Å². The lowest BCUT2D eigenvalue weighted by atomic mass is 10.2. The molecule has 1 aromatic heterocycles. The quantitative estimate of drug-likeness (QED) is 0.716. The predicted molar refractivity (Wildman–Crippen MR) is 95.8 cm³/mol. The first kappa shape index (κ1) is 20.7. The van der Waals surface area contributed by atoms with Gasteiger partial charge in [0.05, 0.1) is 21.8 Å². The number of nitrogens with zero attached hydrogens (tertiary/aromatic N) is 2. The molecule has 0 atom stereocenters. The smallest absolute Gasteiger partial charge is 0.303 e. The Balaban J connectivity index is 2.30. The minimum atomic E-state index is -4.09. The average Bonchev–Trinajstić information content (AvgIpc) is 2.53. The van der Waals surface area contributed by atoms with E-state index in [4.69, 9.17) is 39.5 Å². The van der Waals surface area contributed by atoms with Crippen LogP contribution >= 0.6 is 34.8 Å². The van der Waals surface area contributed by atoms with Crippen LogP contribution in [0.4, 0.5) is 4.39 Å². The number of ether oxygens (including phenoxy) is 1. The fourth-order valence-corrected chi connectivity index (χ4v) is 2.62. The maximum atomic E-state index is 14.2. The number of halogens is 4. The van der Waals surface area contributed by atoms with Crippen LogP contribution in [-0.2, 0) is 10.2 Å². The summed E-state index contributed by atoms with van der Waals surface area (Å²) in [6.45, 7) is 0. The molecular formula is C14H11Cl3FN3O4S. The Morgan fingerprint density at radius 1 is 1.19 bits per heavy atom. The molecular weight excluding hydrogens is 432 g/mol. The van der Waals surface area contributed by atoms with E-state index in [1.165, 1.54) is 26.4 Å². The van der Waals surface area contributed by atoms with Gasteiger partial charge in [-0.15, -0.1) is 0 Å². The molecule has 1 aromatic carbocycles. The summed E-state index contributed by atoms with van der Waals surface area (Å²) in [6.07, 6.45) is 1.24. The van der Waals surface area contributed by atoms with Crippen LogP contribution in [0.25, 0.3) is 0 Å². The Kier molecular flexibility index (Phi) is 6.30. The highest BCUT2D eigenvalue weighted by atomic mass is 35.5. The molecule has 0 aliphatic rings. The van der Waals surface area contributed by atoms with Crippen molar-refractivity contribution < 1.29 is 22.3 Å². The van der Waals surface area contributed by atoms with Crippen LogP contribution in [0, 0.1) is 5.82 Å². The lowest BCUT2D eigenvalue weighted by molar-refractivity contribution is 0.0976. The van der Waals surface area contributed by atoms with Gasteiger partial charge in [0.25, 0.3) is 5.91 Å². The minimum absolute atomic E-state index is 0.0606. The third-order valence-corrected chi connectivity index (χ3v) is 5.35. The summed E-state index contributed by atoms with van der Waals surface area (Å²) >= 11 is 17.5. The molecule has 0 bridgehead atoms. The first-order chi connectivity index (χ1) is 12.0. The zero-order valence-corrected chi connectivity index (χ0v) is 16.3. The van der Waals surface area contributed by atoms with Crippen molar-refractivity contribution in [3.8, 4) is 11.5 Å². The molecule has 0 spiro atoms. The van der Waals surface area contributed by atoms with Gasteiger partial charge in [-0.2, -0.15) is 12.7 Å². The molecule has 0 aliphatic carbocycles. The van der Waals surface area contributed by atoms with Crippen LogP contribution < -0.4 is 9.46 Å². The van der Waals surface area contributed by atoms with Crippen molar-refractivity contribution in [1.29, 1.82) is 0 Å². The molecule has 0 saturated heterocycles. The van der Waals surface area contributed by atoms with Crippen LogP contribution in [0.15, 0.2) is 24.4 Å². The summed E-state index contributed by atoms with van der Waals surface area (Å²) in [4.78, 5) is 15.8. The van der Waals surface area contributed by atoms with E-state index in [9.17, 15) is 17.6 Å². The van der Waals surface area contributed by atoms with Crippen LogP contribution in [0.1, 0.15) is 10.4 Å². The van der Waals surface area contributed by atoms with Crippen LogP contribution in [-0.4, -0.2) is 37.7 Å². The highest BCUT2D eigenvalue weighted by molar-refractivity contribution is 7.87. The van der Waals surface area contributed by atoms with Gasteiger partial charge in [0, 0.05) is 26.2 Å². The average molecular weight is 443 g/mol. The second kappa shape index (κ2) is 7.93. The fraction of sp³-hybridized carbons (Fsp3) is 0.143. The van der Waals surface area contributed by atoms with Gasteiger partial charge in [-0.05, 0) is 6.07 Å². The number of pyridine rings is 1. The van der Waals surface area contributed by atoms with E-state index in [-0.39, 0.29) is 26.7 Å². The van der Waals surface area contributed by atoms with Gasteiger partial charge in [0.1, 0.15) is 22.5 Å². The van der Waals surface area contributed by atoms with Gasteiger partial charge >= 0.3 is 10.2 Å². The van der Waals surface area contributed by atoms with Crippen molar-refractivity contribution in [2.45, 2.75) is 0 Å². The number of rotatable bonds is 5. The number of benzene rings is 1. The summed E-state index contributed by atoms with van der Waals surface area (Å²) in [7, 11) is -1.67. The number of carbonyl (C=O) groups excluding carboxylic acids is 1. The number of amides is 1. The third-order valence-electron chi connectivity index (χ3n) is 2.97. The van der Waals surface area contributed by atoms with Crippen molar-refractivity contribution in [3.05, 3.63) is 51.0 Å². The van der Waals surface area contributed by atoms with Gasteiger partial charge in [-0.3, -0.25) is 4.79 Å². The molecule has 0 unspecified atom stereocenters. The number of aromatic nitrogens is 1. The highest BCUT2D eigenvalue weighted by Crippen LogP contribution is 2.33. The third kappa shape index (κ3) is 4.74. The van der Waals surface area contributed by atoms with E-state index >= 15 is 0 Å². The van der Waals surface area contributed by atoms with Crippen molar-refractivity contribution in [2.24, 2.45) is 0 Å². The molecule has 0 saturated carbocycles. The predicted octanol–water partition coefficient (Wildman–Crippen LogP) is 3.51. The number of hydrogen-bond donors (Lipinski definition) is 1. The van der Waals surface area contributed by atoms with E-state index in [1.807, 2.05) is 0 Å². The molecule has 12 heteroatoms. The number of nitrogens with one attached hydrogen (secondary N) is 1. The molecule has 140 valence electrons. The standard InChI is InChI=1S/C14H11Cl3FN3O4S/c1-21(2)26(23,24)20-14(22)8-4-9(15)12(5-11(8)18)25-7-3-10(16)13(17)19-6-7/h3-6H,1-2H3,(H,20,22). The maximum absolute atomic E-state index is 14.2. The van der Waals surface area contributed by atoms with Crippen molar-refractivity contribution >= 4 is 50.9 Å². The Morgan fingerprint density at radius 2 is 1.85 bits per heavy atom. The molecule has 2 aromatic rings. The zero-order chi connectivity index (χ0) is 19.6. The van der Waals surface area contributed by atoms with Crippen molar-refractivity contribution in [1.82, 2.24) is 14.0 Å². The van der Waals surface area contributed by atoms with E-state index < -0.39 is 27.5 Å². The second-order valence-corrected chi connectivity index (χ2v) is 8.08. The van der Waals surface area contributed by atoms with E-state index in [2.05, 4.69) is 4.98 Å². The van der Waals surface area contributed by atoms with Gasteiger partial charge in [0.2, 0.25) is 0 Å². The first-order valence-electron chi connectivity index (χ1n) is 6.74.